The number of hydrogen-bond donors (Lipinski definition) is 1. The molecule has 1 aliphatic carbocycles. The predicted molar refractivity (Wildman–Crippen MR) is 75.7 cm³/mol. The largest absolute Gasteiger partial charge is 0.481 e. The van der Waals surface area contributed by atoms with Crippen molar-refractivity contribution in [3.63, 3.8) is 0 Å². The highest BCUT2D eigenvalue weighted by atomic mass is 16.5. The zero-order chi connectivity index (χ0) is 13.9. The van der Waals surface area contributed by atoms with Crippen LogP contribution in [-0.2, 0) is 16.0 Å². The number of rotatable bonds is 3. The molecule has 4 nitrogen and oxygen atoms in total. The second kappa shape index (κ2) is 5.94. The summed E-state index contributed by atoms with van der Waals surface area (Å²) in [6.45, 7) is 2.16. The van der Waals surface area contributed by atoms with Gasteiger partial charge < -0.3 is 9.84 Å². The Balaban J connectivity index is 1.82. The van der Waals surface area contributed by atoms with Crippen LogP contribution >= 0.6 is 0 Å². The number of hydrogen-bond acceptors (Lipinski definition) is 3. The van der Waals surface area contributed by atoms with E-state index in [0.29, 0.717) is 19.2 Å². The summed E-state index contributed by atoms with van der Waals surface area (Å²) in [4.78, 5) is 13.1. The van der Waals surface area contributed by atoms with E-state index in [1.165, 1.54) is 11.1 Å². The molecule has 108 valence electrons. The van der Waals surface area contributed by atoms with Crippen LogP contribution in [0, 0.1) is 0 Å². The predicted octanol–water partition coefficient (Wildman–Crippen LogP) is 2.24. The molecule has 1 aliphatic heterocycles. The van der Waals surface area contributed by atoms with Crippen molar-refractivity contribution >= 4 is 5.97 Å². The first kappa shape index (κ1) is 13.6. The number of carbonyl (C=O) groups is 1. The fourth-order valence-electron chi connectivity index (χ4n) is 3.45. The van der Waals surface area contributed by atoms with Gasteiger partial charge in [0.1, 0.15) is 0 Å². The number of aliphatic carboxylic acids is 1. The van der Waals surface area contributed by atoms with Gasteiger partial charge in [0.15, 0.2) is 0 Å². The van der Waals surface area contributed by atoms with Crippen LogP contribution in [0.15, 0.2) is 24.3 Å². The monoisotopic (exact) mass is 275 g/mol. The molecule has 1 aromatic carbocycles. The minimum Gasteiger partial charge on any atom is -0.481 e. The maximum absolute atomic E-state index is 10.8. The molecule has 1 fully saturated rings. The lowest BCUT2D eigenvalue weighted by Crippen LogP contribution is -2.47. The first-order valence-electron chi connectivity index (χ1n) is 7.41. The lowest BCUT2D eigenvalue weighted by Gasteiger charge is -2.41. The smallest absolute Gasteiger partial charge is 0.304 e. The van der Waals surface area contributed by atoms with Crippen molar-refractivity contribution < 1.29 is 14.6 Å². The number of fused-ring (bicyclic) bond motifs is 3. The van der Waals surface area contributed by atoms with Crippen molar-refractivity contribution in [2.45, 2.75) is 37.8 Å². The highest BCUT2D eigenvalue weighted by Crippen LogP contribution is 2.36. The zero-order valence-corrected chi connectivity index (χ0v) is 11.6. The molecule has 0 spiro atoms. The van der Waals surface area contributed by atoms with Crippen molar-refractivity contribution in [1.82, 2.24) is 4.90 Å². The average Bonchev–Trinajstić information content (AvgIpc) is 2.65. The summed E-state index contributed by atoms with van der Waals surface area (Å²) in [7, 11) is 0. The maximum atomic E-state index is 10.8. The van der Waals surface area contributed by atoms with Gasteiger partial charge in [-0.2, -0.15) is 0 Å². The Morgan fingerprint density at radius 2 is 2.25 bits per heavy atom. The summed E-state index contributed by atoms with van der Waals surface area (Å²) < 4.78 is 6.04. The van der Waals surface area contributed by atoms with Crippen LogP contribution in [-0.4, -0.2) is 41.7 Å². The summed E-state index contributed by atoms with van der Waals surface area (Å²) in [5.41, 5.74) is 2.69. The molecule has 1 heterocycles. The van der Waals surface area contributed by atoms with Crippen LogP contribution < -0.4 is 0 Å². The first-order valence-corrected chi connectivity index (χ1v) is 7.41. The Hall–Kier alpha value is -1.39. The summed E-state index contributed by atoms with van der Waals surface area (Å²) in [6, 6.07) is 8.84. The van der Waals surface area contributed by atoms with Gasteiger partial charge in [0.2, 0.25) is 0 Å². The number of nitrogens with zero attached hydrogens (tertiary/aromatic N) is 1. The van der Waals surface area contributed by atoms with Gasteiger partial charge in [-0.1, -0.05) is 24.3 Å². The molecule has 0 radical (unpaired) electrons. The second-order valence-corrected chi connectivity index (χ2v) is 5.63. The standard InChI is InChI=1S/C16H21NO3/c18-15(19)8-9-17-10-11-20-16-13-6-2-1-4-12(13)5-3-7-14(16)17/h1-2,4,6,14,16H,3,5,7-11H2,(H,18,19). The van der Waals surface area contributed by atoms with Crippen LogP contribution in [0.2, 0.25) is 0 Å². The van der Waals surface area contributed by atoms with Gasteiger partial charge in [-0.15, -0.1) is 0 Å². The molecule has 1 saturated heterocycles. The number of ether oxygens (including phenoxy) is 1. The van der Waals surface area contributed by atoms with Gasteiger partial charge in [0.25, 0.3) is 0 Å². The van der Waals surface area contributed by atoms with E-state index in [-0.39, 0.29) is 12.5 Å². The minimum atomic E-state index is -0.720. The van der Waals surface area contributed by atoms with Crippen molar-refractivity contribution in [3.05, 3.63) is 35.4 Å². The van der Waals surface area contributed by atoms with Gasteiger partial charge in [0.05, 0.1) is 19.1 Å². The van der Waals surface area contributed by atoms with Crippen LogP contribution in [0.1, 0.15) is 36.5 Å². The van der Waals surface area contributed by atoms with E-state index >= 15 is 0 Å². The number of carboxylic acid groups (broad SMARTS) is 1. The topological polar surface area (TPSA) is 49.8 Å². The Bertz CT molecular complexity index is 488. The summed E-state index contributed by atoms with van der Waals surface area (Å²) in [5.74, 6) is -0.720. The van der Waals surface area contributed by atoms with E-state index < -0.39 is 5.97 Å². The fraction of sp³-hybridized carbons (Fsp3) is 0.562. The lowest BCUT2D eigenvalue weighted by atomic mass is 9.96. The summed E-state index contributed by atoms with van der Waals surface area (Å²) in [5, 5.41) is 8.90. The second-order valence-electron chi connectivity index (χ2n) is 5.63. The SMILES string of the molecule is O=C(O)CCN1CCOC2c3ccccc3CCCC21. The van der Waals surface area contributed by atoms with E-state index in [2.05, 4.69) is 29.2 Å². The molecule has 1 aromatic rings. The molecular formula is C16H21NO3. The Morgan fingerprint density at radius 1 is 1.40 bits per heavy atom. The number of carboxylic acids is 1. The molecule has 0 saturated carbocycles. The molecular weight excluding hydrogens is 254 g/mol. The highest BCUT2D eigenvalue weighted by molar-refractivity contribution is 5.66. The molecule has 2 aliphatic rings. The minimum absolute atomic E-state index is 0.108. The van der Waals surface area contributed by atoms with Gasteiger partial charge >= 0.3 is 5.97 Å². The molecule has 0 amide bonds. The van der Waals surface area contributed by atoms with Crippen LogP contribution in [0.3, 0.4) is 0 Å². The van der Waals surface area contributed by atoms with Crippen LogP contribution in [0.4, 0.5) is 0 Å². The Kier molecular flexibility index (Phi) is 4.03. The third-order valence-corrected chi connectivity index (χ3v) is 4.41. The molecule has 2 atom stereocenters. The van der Waals surface area contributed by atoms with E-state index in [9.17, 15) is 4.79 Å². The molecule has 0 aromatic heterocycles. The molecule has 2 unspecified atom stereocenters. The van der Waals surface area contributed by atoms with Gasteiger partial charge in [-0.05, 0) is 30.4 Å². The highest BCUT2D eigenvalue weighted by Gasteiger charge is 2.35. The summed E-state index contributed by atoms with van der Waals surface area (Å²) in [6.07, 6.45) is 3.64. The maximum Gasteiger partial charge on any atom is 0.304 e. The Morgan fingerprint density at radius 3 is 3.10 bits per heavy atom. The number of morpholine rings is 1. The normalized spacial score (nSPS) is 26.4. The molecule has 20 heavy (non-hydrogen) atoms. The van der Waals surface area contributed by atoms with E-state index in [0.717, 1.165) is 25.8 Å². The molecule has 0 bridgehead atoms. The number of benzene rings is 1. The fourth-order valence-corrected chi connectivity index (χ4v) is 3.45. The van der Waals surface area contributed by atoms with Crippen LogP contribution in [0.5, 0.6) is 0 Å². The van der Waals surface area contributed by atoms with Gasteiger partial charge in [-0.3, -0.25) is 9.69 Å². The van der Waals surface area contributed by atoms with Gasteiger partial charge in [0, 0.05) is 19.1 Å². The van der Waals surface area contributed by atoms with E-state index in [1.54, 1.807) is 0 Å². The van der Waals surface area contributed by atoms with Gasteiger partial charge in [-0.25, -0.2) is 0 Å². The molecule has 4 heteroatoms. The van der Waals surface area contributed by atoms with Crippen molar-refractivity contribution in [3.8, 4) is 0 Å². The molecule has 3 rings (SSSR count). The van der Waals surface area contributed by atoms with Crippen molar-refractivity contribution in [2.24, 2.45) is 0 Å². The molecule has 1 N–H and O–H groups in total. The first-order chi connectivity index (χ1) is 9.75. The van der Waals surface area contributed by atoms with Crippen molar-refractivity contribution in [1.29, 1.82) is 0 Å². The Labute approximate surface area is 119 Å². The van der Waals surface area contributed by atoms with E-state index in [4.69, 9.17) is 9.84 Å². The average molecular weight is 275 g/mol. The number of aryl methyl sites for hydroxylation is 1. The van der Waals surface area contributed by atoms with Crippen molar-refractivity contribution in [2.75, 3.05) is 19.7 Å². The summed E-state index contributed by atoms with van der Waals surface area (Å²) >= 11 is 0. The van der Waals surface area contributed by atoms with E-state index in [1.807, 2.05) is 0 Å². The third-order valence-electron chi connectivity index (χ3n) is 4.41. The quantitative estimate of drug-likeness (QED) is 0.919. The zero-order valence-electron chi connectivity index (χ0n) is 11.6. The third kappa shape index (κ3) is 2.72. The lowest BCUT2D eigenvalue weighted by molar-refractivity contribution is -0.138. The van der Waals surface area contributed by atoms with Crippen LogP contribution in [0.25, 0.3) is 0 Å².